The molecule has 0 unspecified atom stereocenters. The zero-order chi connectivity index (χ0) is 24.2. The van der Waals surface area contributed by atoms with Gasteiger partial charge in [-0.1, -0.05) is 11.6 Å². The van der Waals surface area contributed by atoms with E-state index in [2.05, 4.69) is 43.3 Å². The van der Waals surface area contributed by atoms with Crippen LogP contribution < -0.4 is 10.1 Å². The van der Waals surface area contributed by atoms with Crippen molar-refractivity contribution in [3.8, 4) is 16.9 Å². The number of alkyl halides is 1. The summed E-state index contributed by atoms with van der Waals surface area (Å²) >= 11 is 0. The number of rotatable bonds is 8. The SMILES string of the molecule is Cc1ccc2nc(Nc3cc(OCCN4CCN(C)CC4)cc(-c4cnn(CF)c4)c3)ncc2c1. The molecule has 0 spiro atoms. The Morgan fingerprint density at radius 3 is 2.69 bits per heavy atom. The second-order valence-corrected chi connectivity index (χ2v) is 9.01. The summed E-state index contributed by atoms with van der Waals surface area (Å²) in [6.07, 6.45) is 5.16. The van der Waals surface area contributed by atoms with E-state index in [-0.39, 0.29) is 0 Å². The standard InChI is InChI=1S/C26H30FN7O/c1-19-3-4-25-21(11-19)15-28-26(31-25)30-23-12-20(22-16-29-34(17-22)18-27)13-24(14-23)35-10-9-33-7-5-32(2)6-8-33/h3-4,11-17H,5-10,18H2,1-2H3,(H,28,30,31). The monoisotopic (exact) mass is 475 g/mol. The summed E-state index contributed by atoms with van der Waals surface area (Å²) in [7, 11) is 2.15. The highest BCUT2D eigenvalue weighted by molar-refractivity contribution is 5.80. The Bertz CT molecular complexity index is 1300. The van der Waals surface area contributed by atoms with Crippen LogP contribution in [0, 0.1) is 6.92 Å². The third-order valence-electron chi connectivity index (χ3n) is 6.26. The van der Waals surface area contributed by atoms with Gasteiger partial charge in [-0.3, -0.25) is 4.90 Å². The highest BCUT2D eigenvalue weighted by Gasteiger charge is 2.14. The van der Waals surface area contributed by atoms with E-state index in [4.69, 9.17) is 4.74 Å². The van der Waals surface area contributed by atoms with Gasteiger partial charge in [0, 0.05) is 67.8 Å². The quantitative estimate of drug-likeness (QED) is 0.411. The molecule has 0 saturated carbocycles. The number of anilines is 2. The highest BCUT2D eigenvalue weighted by Crippen LogP contribution is 2.30. The fourth-order valence-corrected chi connectivity index (χ4v) is 4.21. The van der Waals surface area contributed by atoms with Crippen molar-refractivity contribution < 1.29 is 9.13 Å². The van der Waals surface area contributed by atoms with E-state index in [9.17, 15) is 4.39 Å². The lowest BCUT2D eigenvalue weighted by Gasteiger charge is -2.32. The van der Waals surface area contributed by atoms with Crippen LogP contribution in [-0.2, 0) is 6.80 Å². The van der Waals surface area contributed by atoms with Crippen LogP contribution in [0.1, 0.15) is 5.56 Å². The van der Waals surface area contributed by atoms with Crippen LogP contribution in [0.5, 0.6) is 5.75 Å². The number of aryl methyl sites for hydroxylation is 1. The van der Waals surface area contributed by atoms with Crippen LogP contribution >= 0.6 is 0 Å². The Balaban J connectivity index is 1.36. The molecule has 1 N–H and O–H groups in total. The van der Waals surface area contributed by atoms with Gasteiger partial charge >= 0.3 is 0 Å². The van der Waals surface area contributed by atoms with Crippen molar-refractivity contribution in [2.24, 2.45) is 0 Å². The first-order chi connectivity index (χ1) is 17.1. The molecule has 2 aromatic carbocycles. The molecule has 0 aliphatic carbocycles. The first-order valence-electron chi connectivity index (χ1n) is 11.8. The Labute approximate surface area is 204 Å². The second-order valence-electron chi connectivity index (χ2n) is 9.01. The summed E-state index contributed by atoms with van der Waals surface area (Å²) in [4.78, 5) is 13.9. The summed E-state index contributed by atoms with van der Waals surface area (Å²) in [5.74, 6) is 1.23. The number of aromatic nitrogens is 4. The molecule has 8 nitrogen and oxygen atoms in total. The van der Waals surface area contributed by atoms with E-state index in [1.54, 1.807) is 12.4 Å². The van der Waals surface area contributed by atoms with E-state index in [1.807, 2.05) is 43.5 Å². The number of nitrogens with one attached hydrogen (secondary N) is 1. The lowest BCUT2D eigenvalue weighted by atomic mass is 10.1. The fraction of sp³-hybridized carbons (Fsp3) is 0.346. The number of hydrogen-bond donors (Lipinski definition) is 1. The Morgan fingerprint density at radius 2 is 1.89 bits per heavy atom. The van der Waals surface area contributed by atoms with Gasteiger partial charge in [0.1, 0.15) is 12.4 Å². The van der Waals surface area contributed by atoms with Crippen molar-refractivity contribution in [1.82, 2.24) is 29.5 Å². The van der Waals surface area contributed by atoms with Gasteiger partial charge in [-0.25, -0.2) is 19.0 Å². The summed E-state index contributed by atoms with van der Waals surface area (Å²) in [5, 5.41) is 8.37. The highest BCUT2D eigenvalue weighted by atomic mass is 19.1. The average molecular weight is 476 g/mol. The number of piperazine rings is 1. The van der Waals surface area contributed by atoms with Crippen LogP contribution in [0.4, 0.5) is 16.0 Å². The minimum absolute atomic E-state index is 0.501. The average Bonchev–Trinajstić information content (AvgIpc) is 3.35. The number of halogens is 1. The number of fused-ring (bicyclic) bond motifs is 1. The number of likely N-dealkylation sites (N-methyl/N-ethyl adjacent to an activating group) is 1. The van der Waals surface area contributed by atoms with Gasteiger partial charge in [-0.05, 0) is 43.8 Å². The molecular formula is C26H30FN7O. The normalized spacial score (nSPS) is 14.9. The maximum Gasteiger partial charge on any atom is 0.227 e. The van der Waals surface area contributed by atoms with E-state index in [0.29, 0.717) is 12.6 Å². The molecule has 4 aromatic rings. The smallest absolute Gasteiger partial charge is 0.227 e. The van der Waals surface area contributed by atoms with Crippen molar-refractivity contribution in [1.29, 1.82) is 0 Å². The Hall–Kier alpha value is -3.56. The summed E-state index contributed by atoms with van der Waals surface area (Å²) in [5.41, 5.74) is 4.52. The number of ether oxygens (including phenoxy) is 1. The predicted molar refractivity (Wildman–Crippen MR) is 136 cm³/mol. The molecule has 1 saturated heterocycles. The molecular weight excluding hydrogens is 445 g/mol. The van der Waals surface area contributed by atoms with Crippen molar-refractivity contribution >= 4 is 22.5 Å². The van der Waals surface area contributed by atoms with Gasteiger partial charge in [0.15, 0.2) is 6.80 Å². The molecule has 2 aromatic heterocycles. The molecule has 35 heavy (non-hydrogen) atoms. The van der Waals surface area contributed by atoms with E-state index in [1.165, 1.54) is 10.2 Å². The summed E-state index contributed by atoms with van der Waals surface area (Å²) < 4.78 is 20.5. The summed E-state index contributed by atoms with van der Waals surface area (Å²) in [6.45, 7) is 7.09. The molecule has 1 aliphatic heterocycles. The molecule has 5 rings (SSSR count). The molecule has 1 aliphatic rings. The van der Waals surface area contributed by atoms with Crippen LogP contribution in [0.3, 0.4) is 0 Å². The third kappa shape index (κ3) is 5.75. The number of nitrogens with zero attached hydrogens (tertiary/aromatic N) is 6. The van der Waals surface area contributed by atoms with Gasteiger partial charge in [0.2, 0.25) is 5.95 Å². The zero-order valence-corrected chi connectivity index (χ0v) is 20.1. The third-order valence-corrected chi connectivity index (χ3v) is 6.26. The van der Waals surface area contributed by atoms with Crippen molar-refractivity contribution in [2.75, 3.05) is 51.7 Å². The molecule has 0 amide bonds. The molecule has 1 fully saturated rings. The molecule has 0 bridgehead atoms. The van der Waals surface area contributed by atoms with Crippen molar-refractivity contribution in [3.05, 3.63) is 60.6 Å². The minimum Gasteiger partial charge on any atom is -0.492 e. The van der Waals surface area contributed by atoms with Crippen LogP contribution in [0.15, 0.2) is 55.0 Å². The Kier molecular flexibility index (Phi) is 6.87. The van der Waals surface area contributed by atoms with E-state index < -0.39 is 6.80 Å². The molecule has 9 heteroatoms. The maximum absolute atomic E-state index is 13.1. The first-order valence-corrected chi connectivity index (χ1v) is 11.8. The lowest BCUT2D eigenvalue weighted by Crippen LogP contribution is -2.45. The first kappa shape index (κ1) is 23.2. The van der Waals surface area contributed by atoms with Crippen molar-refractivity contribution in [2.45, 2.75) is 13.7 Å². The zero-order valence-electron chi connectivity index (χ0n) is 20.1. The number of benzene rings is 2. The van der Waals surface area contributed by atoms with Crippen molar-refractivity contribution in [3.63, 3.8) is 0 Å². The van der Waals surface area contributed by atoms with Crippen LogP contribution in [0.2, 0.25) is 0 Å². The second kappa shape index (κ2) is 10.4. The van der Waals surface area contributed by atoms with Gasteiger partial charge in [-0.15, -0.1) is 0 Å². The molecule has 0 atom stereocenters. The lowest BCUT2D eigenvalue weighted by molar-refractivity contribution is 0.134. The van der Waals surface area contributed by atoms with Gasteiger partial charge < -0.3 is 15.0 Å². The van der Waals surface area contributed by atoms with Gasteiger partial charge in [0.05, 0.1) is 11.7 Å². The maximum atomic E-state index is 13.1. The fourth-order valence-electron chi connectivity index (χ4n) is 4.21. The topological polar surface area (TPSA) is 71.3 Å². The molecule has 3 heterocycles. The number of hydrogen-bond acceptors (Lipinski definition) is 7. The largest absolute Gasteiger partial charge is 0.492 e. The molecule has 182 valence electrons. The summed E-state index contributed by atoms with van der Waals surface area (Å²) in [6, 6.07) is 12.0. The molecule has 0 radical (unpaired) electrons. The Morgan fingerprint density at radius 1 is 1.03 bits per heavy atom. The predicted octanol–water partition coefficient (Wildman–Crippen LogP) is 4.10. The van der Waals surface area contributed by atoms with Gasteiger partial charge in [-0.2, -0.15) is 5.10 Å². The van der Waals surface area contributed by atoms with E-state index in [0.717, 1.165) is 66.2 Å². The minimum atomic E-state index is -0.670. The van der Waals surface area contributed by atoms with E-state index >= 15 is 0 Å². The van der Waals surface area contributed by atoms with Gasteiger partial charge in [0.25, 0.3) is 0 Å². The van der Waals surface area contributed by atoms with Crippen LogP contribution in [-0.4, -0.2) is 75.9 Å². The van der Waals surface area contributed by atoms with Crippen LogP contribution in [0.25, 0.3) is 22.0 Å².